The molecule has 1 heterocycles. The van der Waals surface area contributed by atoms with Crippen LogP contribution >= 0.6 is 0 Å². The summed E-state index contributed by atoms with van der Waals surface area (Å²) in [4.78, 5) is 38.5. The molecule has 1 aliphatic rings. The lowest BCUT2D eigenvalue weighted by Gasteiger charge is -2.35. The number of fused-ring (bicyclic) bond motifs is 1. The zero-order valence-corrected chi connectivity index (χ0v) is 13.6. The summed E-state index contributed by atoms with van der Waals surface area (Å²) >= 11 is 0. The SMILES string of the molecule is Cc1ccc(NC(=O)N2CC(=O)N(CC(=O)O)c3ccccc32)cc1. The molecule has 0 saturated heterocycles. The summed E-state index contributed by atoms with van der Waals surface area (Å²) in [6.07, 6.45) is 0. The summed E-state index contributed by atoms with van der Waals surface area (Å²) in [5.74, 6) is -1.55. The predicted molar refractivity (Wildman–Crippen MR) is 94.0 cm³/mol. The number of anilines is 3. The van der Waals surface area contributed by atoms with E-state index in [1.165, 1.54) is 9.80 Å². The quantitative estimate of drug-likeness (QED) is 0.899. The van der Waals surface area contributed by atoms with E-state index in [9.17, 15) is 14.4 Å². The lowest BCUT2D eigenvalue weighted by Crippen LogP contribution is -2.50. The molecule has 7 heteroatoms. The number of para-hydroxylation sites is 2. The molecule has 25 heavy (non-hydrogen) atoms. The Kier molecular flexibility index (Phi) is 4.38. The maximum Gasteiger partial charge on any atom is 0.326 e. The summed E-state index contributed by atoms with van der Waals surface area (Å²) in [5, 5.41) is 11.8. The number of benzene rings is 2. The van der Waals surface area contributed by atoms with E-state index in [0.29, 0.717) is 17.1 Å². The second-order valence-electron chi connectivity index (χ2n) is 5.74. The van der Waals surface area contributed by atoms with E-state index < -0.39 is 24.5 Å². The van der Waals surface area contributed by atoms with Crippen molar-refractivity contribution in [3.63, 3.8) is 0 Å². The fourth-order valence-electron chi connectivity index (χ4n) is 2.68. The topological polar surface area (TPSA) is 90.0 Å². The Morgan fingerprint density at radius 3 is 2.36 bits per heavy atom. The lowest BCUT2D eigenvalue weighted by molar-refractivity contribution is -0.136. The molecule has 0 spiro atoms. The Balaban J connectivity index is 1.88. The number of nitrogens with zero attached hydrogens (tertiary/aromatic N) is 2. The third-order valence-electron chi connectivity index (χ3n) is 3.90. The maximum absolute atomic E-state index is 12.6. The molecule has 0 radical (unpaired) electrons. The van der Waals surface area contributed by atoms with Crippen LogP contribution in [0, 0.1) is 6.92 Å². The highest BCUT2D eigenvalue weighted by Crippen LogP contribution is 2.33. The van der Waals surface area contributed by atoms with Crippen LogP contribution < -0.4 is 15.1 Å². The molecule has 0 aromatic heterocycles. The average Bonchev–Trinajstić information content (AvgIpc) is 2.59. The van der Waals surface area contributed by atoms with Crippen molar-refractivity contribution in [2.45, 2.75) is 6.92 Å². The van der Waals surface area contributed by atoms with Crippen LogP contribution in [0.25, 0.3) is 0 Å². The highest BCUT2D eigenvalue weighted by Gasteiger charge is 2.33. The van der Waals surface area contributed by atoms with Crippen molar-refractivity contribution in [3.8, 4) is 0 Å². The predicted octanol–water partition coefficient (Wildman–Crippen LogP) is 2.46. The Bertz CT molecular complexity index is 832. The Morgan fingerprint density at radius 1 is 1.08 bits per heavy atom. The second-order valence-corrected chi connectivity index (χ2v) is 5.74. The monoisotopic (exact) mass is 339 g/mol. The van der Waals surface area contributed by atoms with Crippen LogP contribution in [0.2, 0.25) is 0 Å². The van der Waals surface area contributed by atoms with Gasteiger partial charge in [-0.3, -0.25) is 19.4 Å². The average molecular weight is 339 g/mol. The molecule has 0 saturated carbocycles. The molecular weight excluding hydrogens is 322 g/mol. The van der Waals surface area contributed by atoms with Crippen LogP contribution in [0.4, 0.5) is 21.9 Å². The van der Waals surface area contributed by atoms with Gasteiger partial charge >= 0.3 is 12.0 Å². The first-order valence-electron chi connectivity index (χ1n) is 7.72. The first-order chi connectivity index (χ1) is 12.0. The van der Waals surface area contributed by atoms with Crippen molar-refractivity contribution in [3.05, 3.63) is 54.1 Å². The van der Waals surface area contributed by atoms with Gasteiger partial charge in [-0.25, -0.2) is 4.79 Å². The molecule has 2 N–H and O–H groups in total. The van der Waals surface area contributed by atoms with Gasteiger partial charge in [0.25, 0.3) is 0 Å². The number of aliphatic carboxylic acids is 1. The molecule has 3 rings (SSSR count). The lowest BCUT2D eigenvalue weighted by atomic mass is 10.1. The number of hydrogen-bond donors (Lipinski definition) is 2. The number of aryl methyl sites for hydroxylation is 1. The van der Waals surface area contributed by atoms with Crippen LogP contribution in [-0.4, -0.2) is 36.1 Å². The number of rotatable bonds is 3. The van der Waals surface area contributed by atoms with Gasteiger partial charge in [-0.2, -0.15) is 0 Å². The third kappa shape index (κ3) is 3.45. The largest absolute Gasteiger partial charge is 0.480 e. The van der Waals surface area contributed by atoms with Gasteiger partial charge in [0.1, 0.15) is 13.1 Å². The fraction of sp³-hybridized carbons (Fsp3) is 0.167. The molecule has 7 nitrogen and oxygen atoms in total. The number of amides is 3. The van der Waals surface area contributed by atoms with Gasteiger partial charge < -0.3 is 10.4 Å². The molecule has 0 atom stereocenters. The van der Waals surface area contributed by atoms with Crippen molar-refractivity contribution in [2.75, 3.05) is 28.2 Å². The summed E-state index contributed by atoms with van der Waals surface area (Å²) in [7, 11) is 0. The molecule has 3 amide bonds. The number of hydrogen-bond acceptors (Lipinski definition) is 3. The van der Waals surface area contributed by atoms with Gasteiger partial charge in [0.15, 0.2) is 0 Å². The second kappa shape index (κ2) is 6.64. The van der Waals surface area contributed by atoms with E-state index in [0.717, 1.165) is 5.56 Å². The first-order valence-corrected chi connectivity index (χ1v) is 7.72. The van der Waals surface area contributed by atoms with E-state index in [1.54, 1.807) is 36.4 Å². The molecule has 1 aliphatic heterocycles. The fourth-order valence-corrected chi connectivity index (χ4v) is 2.68. The van der Waals surface area contributed by atoms with Crippen LogP contribution in [0.5, 0.6) is 0 Å². The minimum absolute atomic E-state index is 0.220. The Labute approximate surface area is 144 Å². The molecule has 128 valence electrons. The Morgan fingerprint density at radius 2 is 1.72 bits per heavy atom. The number of carbonyl (C=O) groups excluding carboxylic acids is 2. The molecule has 0 bridgehead atoms. The van der Waals surface area contributed by atoms with E-state index >= 15 is 0 Å². The van der Waals surface area contributed by atoms with E-state index in [4.69, 9.17) is 5.11 Å². The van der Waals surface area contributed by atoms with Crippen molar-refractivity contribution < 1.29 is 19.5 Å². The van der Waals surface area contributed by atoms with Crippen molar-refractivity contribution in [1.82, 2.24) is 0 Å². The molecule has 0 unspecified atom stereocenters. The van der Waals surface area contributed by atoms with Gasteiger partial charge in [-0.05, 0) is 31.2 Å². The highest BCUT2D eigenvalue weighted by atomic mass is 16.4. The standard InChI is InChI=1S/C18H17N3O4/c1-12-6-8-13(9-7-12)19-18(25)21-10-16(22)20(11-17(23)24)14-4-2-3-5-15(14)21/h2-9H,10-11H2,1H3,(H,19,25)(H,23,24). The molecule has 0 fully saturated rings. The zero-order chi connectivity index (χ0) is 18.0. The first kappa shape index (κ1) is 16.5. The smallest absolute Gasteiger partial charge is 0.326 e. The van der Waals surface area contributed by atoms with Gasteiger partial charge in [-0.1, -0.05) is 29.8 Å². The number of urea groups is 1. The normalized spacial score (nSPS) is 13.4. The van der Waals surface area contributed by atoms with E-state index in [-0.39, 0.29) is 6.54 Å². The molecule has 2 aromatic rings. The molecular formula is C18H17N3O4. The molecule has 0 aliphatic carbocycles. The number of carboxylic acid groups (broad SMARTS) is 1. The van der Waals surface area contributed by atoms with Crippen LogP contribution in [0.3, 0.4) is 0 Å². The minimum atomic E-state index is -1.11. The third-order valence-corrected chi connectivity index (χ3v) is 3.90. The highest BCUT2D eigenvalue weighted by molar-refractivity contribution is 6.14. The van der Waals surface area contributed by atoms with E-state index in [1.807, 2.05) is 19.1 Å². The number of nitrogens with one attached hydrogen (secondary N) is 1. The number of carboxylic acids is 1. The summed E-state index contributed by atoms with van der Waals surface area (Å²) in [5.41, 5.74) is 2.59. The molecule has 2 aromatic carbocycles. The van der Waals surface area contributed by atoms with Crippen LogP contribution in [0.1, 0.15) is 5.56 Å². The van der Waals surface area contributed by atoms with Crippen molar-refractivity contribution in [1.29, 1.82) is 0 Å². The van der Waals surface area contributed by atoms with Crippen LogP contribution in [-0.2, 0) is 9.59 Å². The Hall–Kier alpha value is -3.35. The van der Waals surface area contributed by atoms with E-state index in [2.05, 4.69) is 5.32 Å². The van der Waals surface area contributed by atoms with Gasteiger partial charge in [0, 0.05) is 5.69 Å². The summed E-state index contributed by atoms with van der Waals surface area (Å²) < 4.78 is 0. The van der Waals surface area contributed by atoms with Gasteiger partial charge in [0.2, 0.25) is 5.91 Å². The van der Waals surface area contributed by atoms with Crippen molar-refractivity contribution in [2.24, 2.45) is 0 Å². The van der Waals surface area contributed by atoms with Gasteiger partial charge in [0.05, 0.1) is 11.4 Å². The summed E-state index contributed by atoms with van der Waals surface area (Å²) in [6.45, 7) is 1.29. The minimum Gasteiger partial charge on any atom is -0.480 e. The number of carbonyl (C=O) groups is 3. The van der Waals surface area contributed by atoms with Crippen molar-refractivity contribution >= 4 is 35.0 Å². The zero-order valence-electron chi connectivity index (χ0n) is 13.6. The summed E-state index contributed by atoms with van der Waals surface area (Å²) in [6, 6.07) is 13.6. The maximum atomic E-state index is 12.6. The van der Waals surface area contributed by atoms with Crippen LogP contribution in [0.15, 0.2) is 48.5 Å². The van der Waals surface area contributed by atoms with Gasteiger partial charge in [-0.15, -0.1) is 0 Å².